The van der Waals surface area contributed by atoms with Gasteiger partial charge in [-0.25, -0.2) is 9.78 Å². The summed E-state index contributed by atoms with van der Waals surface area (Å²) in [6.07, 6.45) is 1.76. The minimum absolute atomic E-state index is 0.0795. The van der Waals surface area contributed by atoms with Gasteiger partial charge in [-0.15, -0.1) is 0 Å². The predicted molar refractivity (Wildman–Crippen MR) is 99.6 cm³/mol. The van der Waals surface area contributed by atoms with Crippen LogP contribution in [-0.4, -0.2) is 63.0 Å². The molecule has 3 rings (SSSR count). The van der Waals surface area contributed by atoms with Crippen LogP contribution in [0.3, 0.4) is 0 Å². The van der Waals surface area contributed by atoms with Gasteiger partial charge in [0.05, 0.1) is 6.10 Å². The molecular weight excluding hydrogens is 368 g/mol. The van der Waals surface area contributed by atoms with Crippen molar-refractivity contribution >= 4 is 24.2 Å². The van der Waals surface area contributed by atoms with Gasteiger partial charge >= 0.3 is 11.9 Å². The molecular formula is C19H26N2O7. The molecule has 0 amide bonds. The van der Waals surface area contributed by atoms with Crippen molar-refractivity contribution in [2.75, 3.05) is 18.0 Å². The highest BCUT2D eigenvalue weighted by atomic mass is 16.4. The first-order valence-corrected chi connectivity index (χ1v) is 9.12. The molecule has 9 nitrogen and oxygen atoms in total. The van der Waals surface area contributed by atoms with Gasteiger partial charge in [0.25, 0.3) is 6.47 Å². The van der Waals surface area contributed by atoms with Gasteiger partial charge in [-0.3, -0.25) is 9.59 Å². The van der Waals surface area contributed by atoms with Gasteiger partial charge in [-0.05, 0) is 44.2 Å². The van der Waals surface area contributed by atoms with Crippen molar-refractivity contribution in [1.29, 1.82) is 0 Å². The number of aliphatic hydroxyl groups is 1. The quantitative estimate of drug-likeness (QED) is 0.546. The van der Waals surface area contributed by atoms with E-state index in [-0.39, 0.29) is 25.0 Å². The van der Waals surface area contributed by atoms with Gasteiger partial charge in [-0.1, -0.05) is 12.8 Å². The molecule has 4 N–H and O–H groups in total. The van der Waals surface area contributed by atoms with E-state index < -0.39 is 23.5 Å². The van der Waals surface area contributed by atoms with Crippen LogP contribution in [0.2, 0.25) is 0 Å². The van der Waals surface area contributed by atoms with Crippen molar-refractivity contribution in [3.05, 3.63) is 22.9 Å². The Labute approximate surface area is 162 Å². The summed E-state index contributed by atoms with van der Waals surface area (Å²) in [4.78, 5) is 38.3. The Balaban J connectivity index is 0.000000878. The van der Waals surface area contributed by atoms with E-state index in [0.29, 0.717) is 36.0 Å². The summed E-state index contributed by atoms with van der Waals surface area (Å²) in [5.41, 5.74) is 0.123. The number of aliphatic hydroxyl groups excluding tert-OH is 1. The number of aromatic nitrogens is 1. The number of anilines is 1. The van der Waals surface area contributed by atoms with Crippen molar-refractivity contribution in [2.24, 2.45) is 11.3 Å². The molecule has 0 radical (unpaired) electrons. The first-order valence-electron chi connectivity index (χ1n) is 9.12. The van der Waals surface area contributed by atoms with Crippen LogP contribution >= 0.6 is 0 Å². The van der Waals surface area contributed by atoms with Crippen molar-refractivity contribution < 1.29 is 34.8 Å². The lowest BCUT2D eigenvalue weighted by Gasteiger charge is -2.44. The predicted octanol–water partition coefficient (Wildman–Crippen LogP) is 1.54. The lowest BCUT2D eigenvalue weighted by Crippen LogP contribution is -2.56. The normalized spacial score (nSPS) is 24.1. The SMILES string of the molecule is Cc1cc(C)c(C(=O)O)c(N2CC[C@@H](O)[C@@](CC3CC3)(C(=O)O)C2)n1.O=CO. The topological polar surface area (TPSA) is 148 Å². The highest BCUT2D eigenvalue weighted by molar-refractivity contribution is 5.95. The Morgan fingerprint density at radius 3 is 2.39 bits per heavy atom. The van der Waals surface area contributed by atoms with Crippen molar-refractivity contribution in [3.63, 3.8) is 0 Å². The summed E-state index contributed by atoms with van der Waals surface area (Å²) in [5, 5.41) is 36.8. The maximum atomic E-state index is 12.1. The highest BCUT2D eigenvalue weighted by Gasteiger charge is 2.52. The van der Waals surface area contributed by atoms with E-state index in [0.717, 1.165) is 12.8 Å². The third-order valence-electron chi connectivity index (χ3n) is 5.40. The van der Waals surface area contributed by atoms with Crippen LogP contribution in [0.15, 0.2) is 6.07 Å². The molecule has 1 aliphatic carbocycles. The Morgan fingerprint density at radius 2 is 1.89 bits per heavy atom. The zero-order valence-corrected chi connectivity index (χ0v) is 16.0. The molecule has 2 fully saturated rings. The highest BCUT2D eigenvalue weighted by Crippen LogP contribution is 2.46. The number of hydrogen-bond acceptors (Lipinski definition) is 6. The molecule has 0 spiro atoms. The number of aliphatic carboxylic acids is 1. The molecule has 0 aromatic carbocycles. The summed E-state index contributed by atoms with van der Waals surface area (Å²) in [7, 11) is 0. The molecule has 0 bridgehead atoms. The minimum atomic E-state index is -1.27. The van der Waals surface area contributed by atoms with Crippen LogP contribution in [0, 0.1) is 25.2 Å². The summed E-state index contributed by atoms with van der Waals surface area (Å²) in [6, 6.07) is 1.71. The molecule has 1 aliphatic heterocycles. The molecule has 1 saturated heterocycles. The monoisotopic (exact) mass is 394 g/mol. The zero-order valence-electron chi connectivity index (χ0n) is 16.0. The maximum absolute atomic E-state index is 12.1. The molecule has 2 atom stereocenters. The third-order valence-corrected chi connectivity index (χ3v) is 5.40. The molecule has 0 unspecified atom stereocenters. The molecule has 9 heteroatoms. The number of carbonyl (C=O) groups is 3. The standard InChI is InChI=1S/C18H24N2O5.CH2O2/c1-10-7-11(2)19-15(14(10)16(22)23)20-6-5-13(21)18(9-20,17(24)25)8-12-3-4-12;2-1-3/h7,12-13,21H,3-6,8-9H2,1-2H3,(H,22,23)(H,24,25);1H,(H,2,3)/t13-,18+;/m1./s1. The number of piperidine rings is 1. The molecule has 28 heavy (non-hydrogen) atoms. The van der Waals surface area contributed by atoms with Crippen LogP contribution in [0.25, 0.3) is 0 Å². The average molecular weight is 394 g/mol. The van der Waals surface area contributed by atoms with Crippen LogP contribution < -0.4 is 4.90 Å². The Kier molecular flexibility index (Phi) is 6.60. The molecule has 1 aromatic rings. The van der Waals surface area contributed by atoms with Gasteiger partial charge in [0.1, 0.15) is 16.8 Å². The number of carboxylic acids is 2. The number of aromatic carboxylic acids is 1. The molecule has 2 aliphatic rings. The number of hydrogen-bond donors (Lipinski definition) is 4. The Bertz CT molecular complexity index is 763. The minimum Gasteiger partial charge on any atom is -0.483 e. The zero-order chi connectivity index (χ0) is 21.1. The second kappa shape index (κ2) is 8.55. The van der Waals surface area contributed by atoms with E-state index in [9.17, 15) is 24.9 Å². The van der Waals surface area contributed by atoms with Crippen LogP contribution in [-0.2, 0) is 9.59 Å². The summed E-state index contributed by atoms with van der Waals surface area (Å²) in [5.74, 6) is -1.46. The van der Waals surface area contributed by atoms with Gasteiger partial charge in [-0.2, -0.15) is 0 Å². The summed E-state index contributed by atoms with van der Waals surface area (Å²) >= 11 is 0. The molecule has 1 saturated carbocycles. The largest absolute Gasteiger partial charge is 0.483 e. The lowest BCUT2D eigenvalue weighted by atomic mass is 9.73. The average Bonchev–Trinajstić information content (AvgIpc) is 3.40. The second-order valence-corrected chi connectivity index (χ2v) is 7.52. The van der Waals surface area contributed by atoms with E-state index in [2.05, 4.69) is 4.98 Å². The van der Waals surface area contributed by atoms with Gasteiger partial charge in [0, 0.05) is 18.8 Å². The number of pyridine rings is 1. The first-order chi connectivity index (χ1) is 13.2. The van der Waals surface area contributed by atoms with Crippen molar-refractivity contribution in [2.45, 2.75) is 45.6 Å². The van der Waals surface area contributed by atoms with E-state index >= 15 is 0 Å². The fraction of sp³-hybridized carbons (Fsp3) is 0.579. The van der Waals surface area contributed by atoms with Gasteiger partial charge in [0.15, 0.2) is 0 Å². The Morgan fingerprint density at radius 1 is 1.29 bits per heavy atom. The molecule has 1 aromatic heterocycles. The smallest absolute Gasteiger partial charge is 0.339 e. The lowest BCUT2D eigenvalue weighted by molar-refractivity contribution is -0.158. The third kappa shape index (κ3) is 4.41. The number of rotatable bonds is 5. The van der Waals surface area contributed by atoms with E-state index in [4.69, 9.17) is 9.90 Å². The summed E-state index contributed by atoms with van der Waals surface area (Å²) in [6.45, 7) is 3.72. The number of nitrogens with zero attached hydrogens (tertiary/aromatic N) is 2. The van der Waals surface area contributed by atoms with E-state index in [1.807, 2.05) is 0 Å². The van der Waals surface area contributed by atoms with Crippen LogP contribution in [0.4, 0.5) is 5.82 Å². The van der Waals surface area contributed by atoms with Crippen LogP contribution in [0.1, 0.15) is 47.3 Å². The summed E-state index contributed by atoms with van der Waals surface area (Å²) < 4.78 is 0. The first kappa shape index (κ1) is 21.6. The van der Waals surface area contributed by atoms with Crippen molar-refractivity contribution in [3.8, 4) is 0 Å². The number of carboxylic acid groups (broad SMARTS) is 3. The van der Waals surface area contributed by atoms with E-state index in [1.54, 1.807) is 24.8 Å². The second-order valence-electron chi connectivity index (χ2n) is 7.52. The van der Waals surface area contributed by atoms with E-state index in [1.165, 1.54) is 0 Å². The Hall–Kier alpha value is -2.68. The number of aryl methyl sites for hydroxylation is 2. The van der Waals surface area contributed by atoms with Crippen molar-refractivity contribution in [1.82, 2.24) is 4.98 Å². The van der Waals surface area contributed by atoms with Crippen LogP contribution in [0.5, 0.6) is 0 Å². The molecule has 154 valence electrons. The fourth-order valence-corrected chi connectivity index (χ4v) is 3.91. The molecule has 2 heterocycles. The maximum Gasteiger partial charge on any atom is 0.339 e. The fourth-order valence-electron chi connectivity index (χ4n) is 3.91. The van der Waals surface area contributed by atoms with Gasteiger partial charge in [0.2, 0.25) is 0 Å². The van der Waals surface area contributed by atoms with Gasteiger partial charge < -0.3 is 25.3 Å².